The lowest BCUT2D eigenvalue weighted by Gasteiger charge is -2.12. The maximum atomic E-state index is 13.5. The summed E-state index contributed by atoms with van der Waals surface area (Å²) in [5, 5.41) is 10.1. The molecule has 0 spiro atoms. The highest BCUT2D eigenvalue weighted by atomic mass is 79.9. The van der Waals surface area contributed by atoms with Gasteiger partial charge in [-0.25, -0.2) is 9.37 Å². The molecule has 1 aromatic heterocycles. The molecule has 2 rings (SSSR count). The predicted octanol–water partition coefficient (Wildman–Crippen LogP) is 2.40. The fourth-order valence-electron chi connectivity index (χ4n) is 1.86. The molecule has 5 heteroatoms. The first-order chi connectivity index (χ1) is 8.08. The average molecular weight is 299 g/mol. The van der Waals surface area contributed by atoms with Crippen LogP contribution in [0, 0.1) is 12.7 Å². The van der Waals surface area contributed by atoms with Crippen LogP contribution in [0.3, 0.4) is 0 Å². The van der Waals surface area contributed by atoms with Crippen LogP contribution in [0.5, 0.6) is 0 Å². The number of benzene rings is 1. The number of pyridine rings is 1. The van der Waals surface area contributed by atoms with Crippen LogP contribution in [0.2, 0.25) is 0 Å². The number of aliphatic hydroxyl groups excluding tert-OH is 1. The largest absolute Gasteiger partial charge is 0.392 e. The molecular formula is C12H12BrFN2O. The molecule has 0 bridgehead atoms. The van der Waals surface area contributed by atoms with Crippen molar-refractivity contribution < 1.29 is 9.50 Å². The average Bonchev–Trinajstić information content (AvgIpc) is 2.30. The summed E-state index contributed by atoms with van der Waals surface area (Å²) in [7, 11) is 0. The molecule has 0 fully saturated rings. The summed E-state index contributed by atoms with van der Waals surface area (Å²) in [6, 6.07) is 3.10. The number of hydrogen-bond donors (Lipinski definition) is 2. The second-order valence-electron chi connectivity index (χ2n) is 3.84. The van der Waals surface area contributed by atoms with Crippen molar-refractivity contribution >= 4 is 26.8 Å². The summed E-state index contributed by atoms with van der Waals surface area (Å²) in [4.78, 5) is 4.22. The summed E-state index contributed by atoms with van der Waals surface area (Å²) in [6.45, 7) is 1.82. The molecular weight excluding hydrogens is 287 g/mol. The Balaban J connectivity index is 2.89. The summed E-state index contributed by atoms with van der Waals surface area (Å²) < 4.78 is 14.0. The van der Waals surface area contributed by atoms with Crippen LogP contribution in [0.4, 0.5) is 4.39 Å². The lowest BCUT2D eigenvalue weighted by atomic mass is 10.0. The molecule has 1 aromatic carbocycles. The second kappa shape index (κ2) is 4.68. The predicted molar refractivity (Wildman–Crippen MR) is 68.0 cm³/mol. The zero-order valence-corrected chi connectivity index (χ0v) is 10.9. The molecule has 90 valence electrons. The second-order valence-corrected chi connectivity index (χ2v) is 4.59. The van der Waals surface area contributed by atoms with Gasteiger partial charge in [0.2, 0.25) is 0 Å². The van der Waals surface area contributed by atoms with Crippen LogP contribution in [0.15, 0.2) is 16.7 Å². The molecule has 0 saturated heterocycles. The summed E-state index contributed by atoms with van der Waals surface area (Å²) >= 11 is 3.26. The minimum absolute atomic E-state index is 0.146. The zero-order chi connectivity index (χ0) is 12.6. The van der Waals surface area contributed by atoms with Crippen LogP contribution in [-0.2, 0) is 13.2 Å². The van der Waals surface area contributed by atoms with E-state index in [2.05, 4.69) is 20.9 Å². The molecule has 2 aromatic rings. The van der Waals surface area contributed by atoms with E-state index >= 15 is 0 Å². The van der Waals surface area contributed by atoms with Crippen LogP contribution in [-0.4, -0.2) is 10.1 Å². The van der Waals surface area contributed by atoms with Crippen molar-refractivity contribution in [3.05, 3.63) is 39.2 Å². The maximum absolute atomic E-state index is 13.5. The summed E-state index contributed by atoms with van der Waals surface area (Å²) in [6.07, 6.45) is 0. The van der Waals surface area contributed by atoms with E-state index in [-0.39, 0.29) is 19.0 Å². The Hall–Kier alpha value is -1.04. The van der Waals surface area contributed by atoms with E-state index < -0.39 is 0 Å². The van der Waals surface area contributed by atoms with Crippen molar-refractivity contribution in [1.29, 1.82) is 0 Å². The normalized spacial score (nSPS) is 11.1. The number of fused-ring (bicyclic) bond motifs is 1. The van der Waals surface area contributed by atoms with E-state index in [1.807, 2.05) is 0 Å². The molecule has 0 aliphatic heterocycles. The quantitative estimate of drug-likeness (QED) is 0.837. The minimum atomic E-state index is -0.295. The van der Waals surface area contributed by atoms with Crippen molar-refractivity contribution in [1.82, 2.24) is 4.98 Å². The van der Waals surface area contributed by atoms with Crippen molar-refractivity contribution in [3.63, 3.8) is 0 Å². The third-order valence-electron chi connectivity index (χ3n) is 2.80. The van der Waals surface area contributed by atoms with Crippen LogP contribution in [0.25, 0.3) is 10.9 Å². The maximum Gasteiger partial charge on any atom is 0.128 e. The van der Waals surface area contributed by atoms with Gasteiger partial charge in [-0.3, -0.25) is 0 Å². The van der Waals surface area contributed by atoms with E-state index in [1.165, 1.54) is 6.07 Å². The number of halogens is 2. The highest BCUT2D eigenvalue weighted by molar-refractivity contribution is 9.10. The highest BCUT2D eigenvalue weighted by Crippen LogP contribution is 2.28. The Kier molecular flexibility index (Phi) is 3.42. The van der Waals surface area contributed by atoms with Crippen molar-refractivity contribution in [3.8, 4) is 0 Å². The van der Waals surface area contributed by atoms with Gasteiger partial charge < -0.3 is 10.8 Å². The van der Waals surface area contributed by atoms with Gasteiger partial charge in [-0.15, -0.1) is 0 Å². The number of rotatable bonds is 2. The van der Waals surface area contributed by atoms with Crippen molar-refractivity contribution in [2.75, 3.05) is 0 Å². The van der Waals surface area contributed by atoms with E-state index in [0.29, 0.717) is 21.2 Å². The van der Waals surface area contributed by atoms with Gasteiger partial charge in [0.05, 0.1) is 12.1 Å². The lowest BCUT2D eigenvalue weighted by molar-refractivity contribution is 0.279. The van der Waals surface area contributed by atoms with Gasteiger partial charge in [0.15, 0.2) is 0 Å². The molecule has 0 amide bonds. The lowest BCUT2D eigenvalue weighted by Crippen LogP contribution is -2.06. The zero-order valence-electron chi connectivity index (χ0n) is 9.30. The third kappa shape index (κ3) is 2.06. The number of aliphatic hydroxyl groups is 1. The van der Waals surface area contributed by atoms with Gasteiger partial charge in [0.25, 0.3) is 0 Å². The first-order valence-electron chi connectivity index (χ1n) is 5.16. The molecule has 3 N–H and O–H groups in total. The van der Waals surface area contributed by atoms with Crippen molar-refractivity contribution in [2.24, 2.45) is 5.73 Å². The van der Waals surface area contributed by atoms with Crippen LogP contribution >= 0.6 is 15.9 Å². The van der Waals surface area contributed by atoms with Gasteiger partial charge in [-0.05, 0) is 40.0 Å². The fourth-order valence-corrected chi connectivity index (χ4v) is 2.42. The van der Waals surface area contributed by atoms with E-state index in [9.17, 15) is 9.50 Å². The van der Waals surface area contributed by atoms with E-state index in [4.69, 9.17) is 5.73 Å². The Labute approximate surface area is 107 Å². The number of aryl methyl sites for hydroxylation is 1. The molecule has 1 heterocycles. The first-order valence-corrected chi connectivity index (χ1v) is 5.95. The smallest absolute Gasteiger partial charge is 0.128 e. The number of nitrogens with two attached hydrogens (primary N) is 1. The third-order valence-corrected chi connectivity index (χ3v) is 3.45. The van der Waals surface area contributed by atoms with Gasteiger partial charge in [-0.1, -0.05) is 0 Å². The Bertz CT molecular complexity index is 586. The van der Waals surface area contributed by atoms with Gasteiger partial charge in [0.1, 0.15) is 10.4 Å². The topological polar surface area (TPSA) is 59.1 Å². The molecule has 0 unspecified atom stereocenters. The molecule has 0 aliphatic rings. The monoisotopic (exact) mass is 298 g/mol. The van der Waals surface area contributed by atoms with Gasteiger partial charge in [0, 0.05) is 23.6 Å². The Morgan fingerprint density at radius 2 is 2.12 bits per heavy atom. The summed E-state index contributed by atoms with van der Waals surface area (Å²) in [5.74, 6) is -0.295. The number of hydrogen-bond acceptors (Lipinski definition) is 3. The van der Waals surface area contributed by atoms with Crippen LogP contribution < -0.4 is 5.73 Å². The highest BCUT2D eigenvalue weighted by Gasteiger charge is 2.13. The van der Waals surface area contributed by atoms with Gasteiger partial charge in [-0.2, -0.15) is 0 Å². The molecule has 0 saturated carbocycles. The van der Waals surface area contributed by atoms with Gasteiger partial charge >= 0.3 is 0 Å². The van der Waals surface area contributed by atoms with E-state index in [0.717, 1.165) is 10.9 Å². The van der Waals surface area contributed by atoms with Crippen LogP contribution in [0.1, 0.15) is 16.7 Å². The molecule has 0 atom stereocenters. The van der Waals surface area contributed by atoms with E-state index in [1.54, 1.807) is 13.0 Å². The molecule has 0 aliphatic carbocycles. The summed E-state index contributed by atoms with van der Waals surface area (Å²) in [5.41, 5.74) is 8.23. The minimum Gasteiger partial charge on any atom is -0.392 e. The van der Waals surface area contributed by atoms with Crippen molar-refractivity contribution in [2.45, 2.75) is 20.1 Å². The first kappa shape index (κ1) is 12.4. The fraction of sp³-hybridized carbons (Fsp3) is 0.250. The molecule has 0 radical (unpaired) electrons. The Morgan fingerprint density at radius 1 is 1.41 bits per heavy atom. The number of aromatic nitrogens is 1. The standard InChI is InChI=1S/C12H12BrFN2O/c1-6-2-7-8(4-15)9(5-17)12(13)16-11(7)3-10(6)14/h2-3,17H,4-5,15H2,1H3. The molecule has 3 nitrogen and oxygen atoms in total. The Morgan fingerprint density at radius 3 is 2.71 bits per heavy atom. The molecule has 17 heavy (non-hydrogen) atoms. The SMILES string of the molecule is Cc1cc2c(CN)c(CO)c(Br)nc2cc1F. The number of nitrogens with zero attached hydrogens (tertiary/aromatic N) is 1.